The number of hydrogen-bond donors (Lipinski definition) is 2. The van der Waals surface area contributed by atoms with E-state index in [-0.39, 0.29) is 23.9 Å². The number of amides is 2. The maximum atomic E-state index is 12.9. The Morgan fingerprint density at radius 1 is 1.12 bits per heavy atom. The lowest BCUT2D eigenvalue weighted by atomic mass is 10.2. The van der Waals surface area contributed by atoms with Gasteiger partial charge < -0.3 is 15.5 Å². The minimum atomic E-state index is -0.733. The molecular weight excluding hydrogens is 355 g/mol. The molecule has 0 atom stereocenters. The number of hydrogen-bond acceptors (Lipinski definition) is 4. The topological polar surface area (TPSA) is 85.3 Å². The summed E-state index contributed by atoms with van der Waals surface area (Å²) in [5.41, 5.74) is 6.14. The van der Waals surface area contributed by atoms with E-state index in [2.05, 4.69) is 5.32 Å². The molecule has 0 saturated heterocycles. The molecule has 3 aromatic rings. The summed E-state index contributed by atoms with van der Waals surface area (Å²) in [4.78, 5) is 24.7. The molecule has 5 nitrogen and oxygen atoms in total. The standard InChI is InChI=1S/C19H17FN2O3S/c20-12-7-9-13(10-8-12)26-11-3-6-16(23)22-17-14-4-1-2-5-15(14)25-18(17)19(21)24/h1-2,4-5,7-10H,3,6,11H2,(H2,21,24)(H,22,23). The van der Waals surface area contributed by atoms with E-state index in [1.165, 1.54) is 12.1 Å². The Labute approximate surface area is 153 Å². The van der Waals surface area contributed by atoms with E-state index in [9.17, 15) is 14.0 Å². The number of fused-ring (bicyclic) bond motifs is 1. The third-order valence-corrected chi connectivity index (χ3v) is 4.81. The SMILES string of the molecule is NC(=O)c1oc2ccccc2c1NC(=O)CCCSc1ccc(F)cc1. The first-order valence-corrected chi connectivity index (χ1v) is 9.02. The quantitative estimate of drug-likeness (QED) is 0.481. The summed E-state index contributed by atoms with van der Waals surface area (Å²) < 4.78 is 18.3. The van der Waals surface area contributed by atoms with Crippen LogP contribution in [-0.2, 0) is 4.79 Å². The number of rotatable bonds is 7. The van der Waals surface area contributed by atoms with Crippen LogP contribution in [0.2, 0.25) is 0 Å². The van der Waals surface area contributed by atoms with E-state index in [1.807, 2.05) is 0 Å². The van der Waals surface area contributed by atoms with Gasteiger partial charge in [0, 0.05) is 16.7 Å². The van der Waals surface area contributed by atoms with Gasteiger partial charge in [0.05, 0.1) is 0 Å². The largest absolute Gasteiger partial charge is 0.449 e. The second-order valence-corrected chi connectivity index (χ2v) is 6.79. The zero-order valence-corrected chi connectivity index (χ0v) is 14.6. The predicted molar refractivity (Wildman–Crippen MR) is 99.7 cm³/mol. The maximum absolute atomic E-state index is 12.9. The van der Waals surface area contributed by atoms with Crippen LogP contribution in [0.15, 0.2) is 57.8 Å². The first-order chi connectivity index (χ1) is 12.5. The third kappa shape index (κ3) is 4.23. The van der Waals surface area contributed by atoms with Crippen LogP contribution in [0.1, 0.15) is 23.4 Å². The molecule has 1 aromatic heterocycles. The molecule has 0 unspecified atom stereocenters. The van der Waals surface area contributed by atoms with Crippen molar-refractivity contribution in [1.29, 1.82) is 0 Å². The molecule has 0 saturated carbocycles. The molecule has 2 amide bonds. The summed E-state index contributed by atoms with van der Waals surface area (Å²) in [6.45, 7) is 0. The van der Waals surface area contributed by atoms with Crippen LogP contribution in [0, 0.1) is 5.82 Å². The number of primary amides is 1. The summed E-state index contributed by atoms with van der Waals surface area (Å²) in [5.74, 6) is -0.567. The van der Waals surface area contributed by atoms with Gasteiger partial charge in [-0.15, -0.1) is 11.8 Å². The first kappa shape index (κ1) is 18.0. The lowest BCUT2D eigenvalue weighted by Gasteiger charge is -2.05. The zero-order chi connectivity index (χ0) is 18.5. The lowest BCUT2D eigenvalue weighted by molar-refractivity contribution is -0.116. The van der Waals surface area contributed by atoms with Gasteiger partial charge in [0.25, 0.3) is 5.91 Å². The van der Waals surface area contributed by atoms with Gasteiger partial charge in [0.15, 0.2) is 0 Å². The van der Waals surface area contributed by atoms with Crippen molar-refractivity contribution >= 4 is 40.2 Å². The highest BCUT2D eigenvalue weighted by atomic mass is 32.2. The average Bonchev–Trinajstić information content (AvgIpc) is 2.99. The fourth-order valence-electron chi connectivity index (χ4n) is 2.50. The molecule has 0 radical (unpaired) electrons. The molecular formula is C19H17FN2O3S. The van der Waals surface area contributed by atoms with Gasteiger partial charge in [-0.1, -0.05) is 12.1 Å². The Balaban J connectivity index is 1.58. The molecule has 7 heteroatoms. The molecule has 2 aromatic carbocycles. The Bertz CT molecular complexity index is 938. The van der Waals surface area contributed by atoms with Crippen molar-refractivity contribution in [3.05, 3.63) is 60.1 Å². The number of carbonyl (C=O) groups is 2. The molecule has 0 fully saturated rings. The van der Waals surface area contributed by atoms with Gasteiger partial charge >= 0.3 is 0 Å². The average molecular weight is 372 g/mol. The normalized spacial score (nSPS) is 10.8. The Kier molecular flexibility index (Phi) is 5.58. The molecule has 3 N–H and O–H groups in total. The summed E-state index contributed by atoms with van der Waals surface area (Å²) in [5, 5.41) is 3.36. The second kappa shape index (κ2) is 8.05. The molecule has 134 valence electrons. The minimum Gasteiger partial charge on any atom is -0.449 e. The van der Waals surface area contributed by atoms with Crippen molar-refractivity contribution in [2.24, 2.45) is 5.73 Å². The van der Waals surface area contributed by atoms with Crippen LogP contribution in [0.5, 0.6) is 0 Å². The second-order valence-electron chi connectivity index (χ2n) is 5.62. The van der Waals surface area contributed by atoms with E-state index >= 15 is 0 Å². The number of nitrogens with one attached hydrogen (secondary N) is 1. The molecule has 0 aliphatic heterocycles. The molecule has 26 heavy (non-hydrogen) atoms. The van der Waals surface area contributed by atoms with Crippen LogP contribution >= 0.6 is 11.8 Å². The van der Waals surface area contributed by atoms with Crippen molar-refractivity contribution in [1.82, 2.24) is 0 Å². The number of para-hydroxylation sites is 1. The van der Waals surface area contributed by atoms with Crippen molar-refractivity contribution in [2.45, 2.75) is 17.7 Å². The molecule has 0 bridgehead atoms. The number of thioether (sulfide) groups is 1. The molecule has 0 aliphatic rings. The van der Waals surface area contributed by atoms with Gasteiger partial charge in [0.1, 0.15) is 17.1 Å². The summed E-state index contributed by atoms with van der Waals surface area (Å²) in [7, 11) is 0. The Morgan fingerprint density at radius 2 is 1.85 bits per heavy atom. The van der Waals surface area contributed by atoms with Gasteiger partial charge in [-0.3, -0.25) is 9.59 Å². The van der Waals surface area contributed by atoms with Gasteiger partial charge in [-0.05, 0) is 48.6 Å². The van der Waals surface area contributed by atoms with Crippen LogP contribution in [0.4, 0.5) is 10.1 Å². The molecule has 0 spiro atoms. The lowest BCUT2D eigenvalue weighted by Crippen LogP contribution is -2.16. The van der Waals surface area contributed by atoms with E-state index in [4.69, 9.17) is 10.2 Å². The Hall–Kier alpha value is -2.80. The monoisotopic (exact) mass is 372 g/mol. The number of nitrogens with two attached hydrogens (primary N) is 1. The number of anilines is 1. The first-order valence-electron chi connectivity index (χ1n) is 8.04. The third-order valence-electron chi connectivity index (χ3n) is 3.71. The summed E-state index contributed by atoms with van der Waals surface area (Å²) in [6, 6.07) is 13.2. The number of furan rings is 1. The highest BCUT2D eigenvalue weighted by Crippen LogP contribution is 2.30. The van der Waals surface area contributed by atoms with Crippen molar-refractivity contribution in [2.75, 3.05) is 11.1 Å². The van der Waals surface area contributed by atoms with Crippen LogP contribution < -0.4 is 11.1 Å². The highest BCUT2D eigenvalue weighted by Gasteiger charge is 2.19. The molecule has 1 heterocycles. The summed E-state index contributed by atoms with van der Waals surface area (Å²) in [6.07, 6.45) is 0.918. The highest BCUT2D eigenvalue weighted by molar-refractivity contribution is 7.99. The fourth-order valence-corrected chi connectivity index (χ4v) is 3.35. The maximum Gasteiger partial charge on any atom is 0.286 e. The van der Waals surface area contributed by atoms with Crippen molar-refractivity contribution in [3.8, 4) is 0 Å². The Morgan fingerprint density at radius 3 is 2.58 bits per heavy atom. The van der Waals surface area contributed by atoms with Gasteiger partial charge in [-0.25, -0.2) is 4.39 Å². The van der Waals surface area contributed by atoms with E-state index in [0.717, 1.165) is 4.90 Å². The van der Waals surface area contributed by atoms with Gasteiger partial charge in [-0.2, -0.15) is 0 Å². The minimum absolute atomic E-state index is 0.0553. The predicted octanol–water partition coefficient (Wildman–Crippen LogP) is 4.18. The smallest absolute Gasteiger partial charge is 0.286 e. The number of carbonyl (C=O) groups excluding carboxylic acids is 2. The van der Waals surface area contributed by atoms with E-state index in [1.54, 1.807) is 48.2 Å². The van der Waals surface area contributed by atoms with Crippen molar-refractivity contribution in [3.63, 3.8) is 0 Å². The van der Waals surface area contributed by atoms with Gasteiger partial charge in [0.2, 0.25) is 11.7 Å². The van der Waals surface area contributed by atoms with Crippen molar-refractivity contribution < 1.29 is 18.4 Å². The van der Waals surface area contributed by atoms with Crippen LogP contribution in [0.25, 0.3) is 11.0 Å². The fraction of sp³-hybridized carbons (Fsp3) is 0.158. The van der Waals surface area contributed by atoms with Crippen LogP contribution in [-0.4, -0.2) is 17.6 Å². The number of benzene rings is 2. The van der Waals surface area contributed by atoms with E-state index < -0.39 is 5.91 Å². The van der Waals surface area contributed by atoms with Crippen LogP contribution in [0.3, 0.4) is 0 Å². The zero-order valence-electron chi connectivity index (χ0n) is 13.8. The summed E-state index contributed by atoms with van der Waals surface area (Å²) >= 11 is 1.55. The van der Waals surface area contributed by atoms with E-state index in [0.29, 0.717) is 28.8 Å². The molecule has 3 rings (SSSR count). The molecule has 0 aliphatic carbocycles. The number of halogens is 1.